The van der Waals surface area contributed by atoms with E-state index in [0.29, 0.717) is 36.7 Å². The Morgan fingerprint density at radius 2 is 1.88 bits per heavy atom. The predicted molar refractivity (Wildman–Crippen MR) is 122 cm³/mol. The monoisotopic (exact) mass is 429 g/mol. The van der Waals surface area contributed by atoms with Crippen LogP contribution in [0.25, 0.3) is 10.9 Å². The fraction of sp³-hybridized carbons (Fsp3) is 0.423. The number of hydrogen-bond donors (Lipinski definition) is 0. The Morgan fingerprint density at radius 3 is 2.72 bits per heavy atom. The summed E-state index contributed by atoms with van der Waals surface area (Å²) in [6.45, 7) is 2.46. The molecule has 2 atom stereocenters. The Kier molecular flexibility index (Phi) is 5.02. The van der Waals surface area contributed by atoms with Crippen molar-refractivity contribution in [2.45, 2.75) is 32.2 Å². The summed E-state index contributed by atoms with van der Waals surface area (Å²) < 4.78 is 11.6. The lowest BCUT2D eigenvalue weighted by atomic mass is 9.88. The lowest BCUT2D eigenvalue weighted by Gasteiger charge is -2.34. The van der Waals surface area contributed by atoms with Crippen LogP contribution in [0.4, 0.5) is 5.69 Å². The van der Waals surface area contributed by atoms with Gasteiger partial charge in [-0.3, -0.25) is 4.79 Å². The number of ether oxygens (including phenoxy) is 2. The highest BCUT2D eigenvalue weighted by Gasteiger charge is 2.42. The highest BCUT2D eigenvalue weighted by molar-refractivity contribution is 5.98. The molecule has 6 nitrogen and oxygen atoms in total. The predicted octanol–water partition coefficient (Wildman–Crippen LogP) is 4.16. The molecule has 6 heteroatoms. The summed E-state index contributed by atoms with van der Waals surface area (Å²) in [5.74, 6) is 2.39. The molecule has 0 N–H and O–H groups in total. The molecule has 3 aliphatic rings. The minimum absolute atomic E-state index is 0.0726. The molecule has 1 amide bonds. The number of rotatable bonds is 6. The standard InChI is InChI=1S/C26H27N3O3/c30-26-21(18-9-10-18)13-19-5-1-4-8-23(19)29(26)14-24-27-22-7-3-2-6-20(22)25(28-24)32-16-17-11-12-31-15-17/h1-8,17-18,21H,9-16H2. The SMILES string of the molecule is O=C1C(C2CC2)Cc2ccccc2N1Cc1nc(OCC2CCOC2)c2ccccc2n1. The minimum Gasteiger partial charge on any atom is -0.477 e. The van der Waals surface area contributed by atoms with Crippen molar-refractivity contribution in [1.29, 1.82) is 0 Å². The number of nitrogens with zero attached hydrogens (tertiary/aromatic N) is 3. The molecule has 0 radical (unpaired) electrons. The number of para-hydroxylation sites is 2. The summed E-state index contributed by atoms with van der Waals surface area (Å²) in [6.07, 6.45) is 4.16. The summed E-state index contributed by atoms with van der Waals surface area (Å²) >= 11 is 0. The number of carbonyl (C=O) groups excluding carboxylic acids is 1. The first-order chi connectivity index (χ1) is 15.8. The number of anilines is 1. The average Bonchev–Trinajstić information content (AvgIpc) is 3.53. The molecule has 3 aromatic rings. The van der Waals surface area contributed by atoms with Crippen LogP contribution in [0.1, 0.15) is 30.7 Å². The van der Waals surface area contributed by atoms with Crippen LogP contribution in [0.15, 0.2) is 48.5 Å². The minimum atomic E-state index is 0.0726. The van der Waals surface area contributed by atoms with Gasteiger partial charge in [0.05, 0.1) is 30.7 Å². The zero-order chi connectivity index (χ0) is 21.5. The van der Waals surface area contributed by atoms with E-state index < -0.39 is 0 Å². The molecule has 1 saturated heterocycles. The highest BCUT2D eigenvalue weighted by Crippen LogP contribution is 2.44. The molecule has 3 heterocycles. The Labute approximate surface area is 187 Å². The average molecular weight is 430 g/mol. The van der Waals surface area contributed by atoms with E-state index in [-0.39, 0.29) is 11.8 Å². The third kappa shape index (κ3) is 3.73. The van der Waals surface area contributed by atoms with Crippen LogP contribution < -0.4 is 9.64 Å². The second-order valence-corrected chi connectivity index (χ2v) is 9.20. The van der Waals surface area contributed by atoms with Gasteiger partial charge >= 0.3 is 0 Å². The van der Waals surface area contributed by atoms with Gasteiger partial charge in [-0.25, -0.2) is 4.98 Å². The van der Waals surface area contributed by atoms with Crippen molar-refractivity contribution in [1.82, 2.24) is 9.97 Å². The number of fused-ring (bicyclic) bond motifs is 2. The third-order valence-electron chi connectivity index (χ3n) is 6.89. The molecule has 164 valence electrons. The Balaban J connectivity index is 1.33. The van der Waals surface area contributed by atoms with Gasteiger partial charge in [0.1, 0.15) is 0 Å². The van der Waals surface area contributed by atoms with Crippen LogP contribution in [0, 0.1) is 17.8 Å². The van der Waals surface area contributed by atoms with Gasteiger partial charge in [0, 0.05) is 24.1 Å². The van der Waals surface area contributed by atoms with Crippen LogP contribution in [0.3, 0.4) is 0 Å². The molecule has 1 aliphatic carbocycles. The topological polar surface area (TPSA) is 64.6 Å². The van der Waals surface area contributed by atoms with Crippen LogP contribution in [-0.4, -0.2) is 35.7 Å². The number of benzene rings is 2. The molecule has 32 heavy (non-hydrogen) atoms. The molecule has 1 aromatic heterocycles. The summed E-state index contributed by atoms with van der Waals surface area (Å²) in [4.78, 5) is 24.9. The molecule has 2 aromatic carbocycles. The Hall–Kier alpha value is -2.99. The van der Waals surface area contributed by atoms with Gasteiger partial charge < -0.3 is 14.4 Å². The largest absolute Gasteiger partial charge is 0.477 e. The zero-order valence-corrected chi connectivity index (χ0v) is 18.1. The molecule has 6 rings (SSSR count). The first-order valence-electron chi connectivity index (χ1n) is 11.6. The highest BCUT2D eigenvalue weighted by atomic mass is 16.5. The van der Waals surface area contributed by atoms with Gasteiger partial charge in [0.25, 0.3) is 0 Å². The van der Waals surface area contributed by atoms with E-state index in [1.807, 2.05) is 41.3 Å². The van der Waals surface area contributed by atoms with E-state index in [9.17, 15) is 4.79 Å². The van der Waals surface area contributed by atoms with E-state index in [2.05, 4.69) is 12.1 Å². The van der Waals surface area contributed by atoms with E-state index in [1.54, 1.807) is 0 Å². The van der Waals surface area contributed by atoms with Gasteiger partial charge in [-0.2, -0.15) is 4.98 Å². The lowest BCUT2D eigenvalue weighted by molar-refractivity contribution is -0.123. The molecule has 1 saturated carbocycles. The third-order valence-corrected chi connectivity index (χ3v) is 6.89. The molecular formula is C26H27N3O3. The molecule has 2 fully saturated rings. The molecule has 2 aliphatic heterocycles. The van der Waals surface area contributed by atoms with Crippen LogP contribution >= 0.6 is 0 Å². The number of carbonyl (C=O) groups is 1. The van der Waals surface area contributed by atoms with Gasteiger partial charge in [-0.05, 0) is 55.4 Å². The van der Waals surface area contributed by atoms with Gasteiger partial charge in [0.15, 0.2) is 5.82 Å². The fourth-order valence-corrected chi connectivity index (χ4v) is 4.95. The Bertz CT molecular complexity index is 1150. The van der Waals surface area contributed by atoms with Crippen LogP contribution in [0.5, 0.6) is 5.88 Å². The van der Waals surface area contributed by atoms with Gasteiger partial charge in [-0.1, -0.05) is 30.3 Å². The number of hydrogen-bond acceptors (Lipinski definition) is 5. The molecule has 0 bridgehead atoms. The van der Waals surface area contributed by atoms with Gasteiger partial charge in [-0.15, -0.1) is 0 Å². The molecule has 2 unspecified atom stereocenters. The van der Waals surface area contributed by atoms with Crippen LogP contribution in [0.2, 0.25) is 0 Å². The summed E-state index contributed by atoms with van der Waals surface area (Å²) in [7, 11) is 0. The van der Waals surface area contributed by atoms with Crippen molar-refractivity contribution in [3.63, 3.8) is 0 Å². The lowest BCUT2D eigenvalue weighted by Crippen LogP contribution is -2.42. The van der Waals surface area contributed by atoms with E-state index in [4.69, 9.17) is 19.4 Å². The van der Waals surface area contributed by atoms with Crippen molar-refractivity contribution in [2.24, 2.45) is 17.8 Å². The van der Waals surface area contributed by atoms with Crippen molar-refractivity contribution in [3.8, 4) is 5.88 Å². The van der Waals surface area contributed by atoms with Crippen molar-refractivity contribution < 1.29 is 14.3 Å². The maximum Gasteiger partial charge on any atom is 0.231 e. The second kappa shape index (κ2) is 8.17. The number of aromatic nitrogens is 2. The van der Waals surface area contributed by atoms with E-state index in [0.717, 1.165) is 55.5 Å². The van der Waals surface area contributed by atoms with Crippen LogP contribution in [-0.2, 0) is 22.5 Å². The quantitative estimate of drug-likeness (QED) is 0.589. The Morgan fingerprint density at radius 1 is 1.03 bits per heavy atom. The summed E-state index contributed by atoms with van der Waals surface area (Å²) in [5.41, 5.74) is 3.06. The first-order valence-corrected chi connectivity index (χ1v) is 11.6. The summed E-state index contributed by atoms with van der Waals surface area (Å²) in [5, 5.41) is 0.899. The van der Waals surface area contributed by atoms with E-state index >= 15 is 0 Å². The fourth-order valence-electron chi connectivity index (χ4n) is 4.95. The van der Waals surface area contributed by atoms with E-state index in [1.165, 1.54) is 5.56 Å². The normalized spacial score (nSPS) is 22.9. The summed E-state index contributed by atoms with van der Waals surface area (Å²) in [6, 6.07) is 16.1. The van der Waals surface area contributed by atoms with Gasteiger partial charge in [0.2, 0.25) is 11.8 Å². The van der Waals surface area contributed by atoms with Crippen molar-refractivity contribution in [3.05, 3.63) is 59.9 Å². The first kappa shape index (κ1) is 19.7. The molecule has 0 spiro atoms. The maximum absolute atomic E-state index is 13.4. The molecular weight excluding hydrogens is 402 g/mol. The zero-order valence-electron chi connectivity index (χ0n) is 18.1. The van der Waals surface area contributed by atoms with Crippen molar-refractivity contribution >= 4 is 22.5 Å². The number of amides is 1. The smallest absolute Gasteiger partial charge is 0.231 e. The maximum atomic E-state index is 13.4. The second-order valence-electron chi connectivity index (χ2n) is 9.20. The van der Waals surface area contributed by atoms with Crippen molar-refractivity contribution in [2.75, 3.05) is 24.7 Å².